The Morgan fingerprint density at radius 3 is 2.67 bits per heavy atom. The molecule has 0 amide bonds. The van der Waals surface area contributed by atoms with Gasteiger partial charge in [0.1, 0.15) is 6.61 Å². The maximum Gasteiger partial charge on any atom is 0.311 e. The molecule has 0 heterocycles. The first-order chi connectivity index (χ1) is 8.24. The minimum Gasteiger partial charge on any atom is -0.484 e. The van der Waals surface area contributed by atoms with Crippen molar-refractivity contribution in [3.63, 3.8) is 0 Å². The lowest BCUT2D eigenvalue weighted by Gasteiger charge is -2.27. The molecule has 1 N–H and O–H groups in total. The van der Waals surface area contributed by atoms with E-state index in [1.54, 1.807) is 6.92 Å². The van der Waals surface area contributed by atoms with Gasteiger partial charge in [0.05, 0.1) is 10.5 Å². The van der Waals surface area contributed by atoms with Crippen LogP contribution in [0, 0.1) is 16.0 Å². The standard InChI is InChI=1S/C12H16ClNO4/c1-8(2)12(3,15)7-18-11-6-9(13)4-5-10(11)14(16)17/h4-6,8,15H,7H2,1-3H3. The second-order valence-electron chi connectivity index (χ2n) is 4.67. The van der Waals surface area contributed by atoms with Crippen molar-refractivity contribution in [1.29, 1.82) is 0 Å². The van der Waals surface area contributed by atoms with Crippen LogP contribution >= 0.6 is 11.6 Å². The van der Waals surface area contributed by atoms with Gasteiger partial charge in [-0.25, -0.2) is 0 Å². The Balaban J connectivity index is 2.90. The molecule has 18 heavy (non-hydrogen) atoms. The predicted octanol–water partition coefficient (Wildman–Crippen LogP) is 3.03. The van der Waals surface area contributed by atoms with Crippen molar-refractivity contribution >= 4 is 17.3 Å². The van der Waals surface area contributed by atoms with Crippen LogP contribution in [0.5, 0.6) is 5.75 Å². The number of hydrogen-bond donors (Lipinski definition) is 1. The highest BCUT2D eigenvalue weighted by Gasteiger charge is 2.27. The molecular formula is C12H16ClNO4. The van der Waals surface area contributed by atoms with Crippen LogP contribution in [-0.2, 0) is 0 Å². The van der Waals surface area contributed by atoms with Crippen molar-refractivity contribution in [1.82, 2.24) is 0 Å². The number of rotatable bonds is 5. The fourth-order valence-corrected chi connectivity index (χ4v) is 1.31. The number of aliphatic hydroxyl groups is 1. The van der Waals surface area contributed by atoms with Gasteiger partial charge in [-0.1, -0.05) is 25.4 Å². The second-order valence-corrected chi connectivity index (χ2v) is 5.11. The van der Waals surface area contributed by atoms with Crippen LogP contribution in [0.2, 0.25) is 5.02 Å². The summed E-state index contributed by atoms with van der Waals surface area (Å²) in [6.07, 6.45) is 0. The Bertz CT molecular complexity index is 446. The topological polar surface area (TPSA) is 72.6 Å². The van der Waals surface area contributed by atoms with Gasteiger partial charge in [-0.2, -0.15) is 0 Å². The zero-order chi connectivity index (χ0) is 13.9. The maximum atomic E-state index is 10.8. The van der Waals surface area contributed by atoms with E-state index in [-0.39, 0.29) is 24.0 Å². The van der Waals surface area contributed by atoms with Gasteiger partial charge >= 0.3 is 5.69 Å². The highest BCUT2D eigenvalue weighted by Crippen LogP contribution is 2.31. The van der Waals surface area contributed by atoms with E-state index in [2.05, 4.69) is 0 Å². The number of nitro benzene ring substituents is 1. The Kier molecular flexibility index (Phi) is 4.53. The van der Waals surface area contributed by atoms with Crippen LogP contribution in [0.25, 0.3) is 0 Å². The summed E-state index contributed by atoms with van der Waals surface area (Å²) in [5.74, 6) is 0.0316. The van der Waals surface area contributed by atoms with Crippen LogP contribution in [0.3, 0.4) is 0 Å². The predicted molar refractivity (Wildman–Crippen MR) is 69.1 cm³/mol. The molecule has 1 aromatic carbocycles. The third-order valence-corrected chi connectivity index (χ3v) is 3.12. The van der Waals surface area contributed by atoms with E-state index in [0.717, 1.165) is 0 Å². The highest BCUT2D eigenvalue weighted by atomic mass is 35.5. The van der Waals surface area contributed by atoms with Crippen molar-refractivity contribution in [2.24, 2.45) is 5.92 Å². The number of nitro groups is 1. The second kappa shape index (κ2) is 5.54. The van der Waals surface area contributed by atoms with Gasteiger partial charge in [0.25, 0.3) is 0 Å². The molecule has 0 aliphatic rings. The average molecular weight is 274 g/mol. The summed E-state index contributed by atoms with van der Waals surface area (Å²) in [7, 11) is 0. The Morgan fingerprint density at radius 1 is 1.56 bits per heavy atom. The molecule has 1 rings (SSSR count). The first kappa shape index (κ1) is 14.7. The smallest absolute Gasteiger partial charge is 0.311 e. The average Bonchev–Trinajstić information content (AvgIpc) is 2.26. The first-order valence-corrected chi connectivity index (χ1v) is 5.91. The zero-order valence-electron chi connectivity index (χ0n) is 10.5. The van der Waals surface area contributed by atoms with Gasteiger partial charge in [-0.3, -0.25) is 10.1 Å². The Morgan fingerprint density at radius 2 is 2.17 bits per heavy atom. The molecule has 0 fully saturated rings. The zero-order valence-corrected chi connectivity index (χ0v) is 11.3. The van der Waals surface area contributed by atoms with E-state index < -0.39 is 10.5 Å². The van der Waals surface area contributed by atoms with Gasteiger partial charge in [0.15, 0.2) is 5.75 Å². The highest BCUT2D eigenvalue weighted by molar-refractivity contribution is 6.30. The Labute approximate surface area is 110 Å². The van der Waals surface area contributed by atoms with E-state index >= 15 is 0 Å². The largest absolute Gasteiger partial charge is 0.484 e. The van der Waals surface area contributed by atoms with Crippen LogP contribution in [0.4, 0.5) is 5.69 Å². The molecule has 0 bridgehead atoms. The molecule has 0 aliphatic carbocycles. The molecule has 1 aromatic rings. The molecule has 6 heteroatoms. The number of benzene rings is 1. The lowest BCUT2D eigenvalue weighted by molar-refractivity contribution is -0.386. The Hall–Kier alpha value is -1.33. The molecule has 1 atom stereocenters. The molecule has 5 nitrogen and oxygen atoms in total. The maximum absolute atomic E-state index is 10.8. The molecule has 0 saturated heterocycles. The van der Waals surface area contributed by atoms with Gasteiger partial charge in [0, 0.05) is 17.2 Å². The van der Waals surface area contributed by atoms with Crippen molar-refractivity contribution < 1.29 is 14.8 Å². The molecule has 0 aromatic heterocycles. The SMILES string of the molecule is CC(C)C(C)(O)COc1cc(Cl)ccc1[N+](=O)[O-]. The van der Waals surface area contributed by atoms with Gasteiger partial charge in [-0.15, -0.1) is 0 Å². The minimum absolute atomic E-state index is 0.0317. The number of halogens is 1. The summed E-state index contributed by atoms with van der Waals surface area (Å²) in [4.78, 5) is 10.3. The summed E-state index contributed by atoms with van der Waals surface area (Å²) in [6.45, 7) is 5.27. The summed E-state index contributed by atoms with van der Waals surface area (Å²) in [5.41, 5.74) is -1.23. The van der Waals surface area contributed by atoms with E-state index in [9.17, 15) is 15.2 Å². The van der Waals surface area contributed by atoms with Crippen molar-refractivity contribution in [3.8, 4) is 5.75 Å². The van der Waals surface area contributed by atoms with Gasteiger partial charge < -0.3 is 9.84 Å². The summed E-state index contributed by atoms with van der Waals surface area (Å²) < 4.78 is 5.33. The molecule has 1 unspecified atom stereocenters. The van der Waals surface area contributed by atoms with Crippen molar-refractivity contribution in [2.45, 2.75) is 26.4 Å². The number of ether oxygens (including phenoxy) is 1. The minimum atomic E-state index is -1.06. The fourth-order valence-electron chi connectivity index (χ4n) is 1.14. The third kappa shape index (κ3) is 3.58. The van der Waals surface area contributed by atoms with Gasteiger partial charge in [-0.05, 0) is 18.9 Å². The normalized spacial score (nSPS) is 14.3. The van der Waals surface area contributed by atoms with Gasteiger partial charge in [0.2, 0.25) is 0 Å². The summed E-state index contributed by atoms with van der Waals surface area (Å²) >= 11 is 5.77. The van der Waals surface area contributed by atoms with Crippen molar-refractivity contribution in [3.05, 3.63) is 33.3 Å². The first-order valence-electron chi connectivity index (χ1n) is 5.53. The fraction of sp³-hybridized carbons (Fsp3) is 0.500. The monoisotopic (exact) mass is 273 g/mol. The molecule has 0 spiro atoms. The van der Waals surface area contributed by atoms with Crippen LogP contribution in [0.15, 0.2) is 18.2 Å². The number of nitrogens with zero attached hydrogens (tertiary/aromatic N) is 1. The summed E-state index contributed by atoms with van der Waals surface area (Å²) in [6, 6.07) is 4.07. The van der Waals surface area contributed by atoms with E-state index in [4.69, 9.17) is 16.3 Å². The van der Waals surface area contributed by atoms with Crippen LogP contribution < -0.4 is 4.74 Å². The molecule has 0 aliphatic heterocycles. The van der Waals surface area contributed by atoms with Crippen molar-refractivity contribution in [2.75, 3.05) is 6.61 Å². The molecule has 100 valence electrons. The van der Waals surface area contributed by atoms with Crippen LogP contribution in [0.1, 0.15) is 20.8 Å². The lowest BCUT2D eigenvalue weighted by Crippen LogP contribution is -2.37. The molecule has 0 radical (unpaired) electrons. The van der Waals surface area contributed by atoms with E-state index in [1.807, 2.05) is 13.8 Å². The quantitative estimate of drug-likeness (QED) is 0.661. The lowest BCUT2D eigenvalue weighted by atomic mass is 9.94. The molecular weight excluding hydrogens is 258 g/mol. The molecule has 0 saturated carbocycles. The van der Waals surface area contributed by atoms with E-state index in [1.165, 1.54) is 18.2 Å². The number of hydrogen-bond acceptors (Lipinski definition) is 4. The third-order valence-electron chi connectivity index (χ3n) is 2.88. The van der Waals surface area contributed by atoms with E-state index in [0.29, 0.717) is 5.02 Å². The summed E-state index contributed by atoms with van der Waals surface area (Å²) in [5, 5.41) is 21.2. The van der Waals surface area contributed by atoms with Crippen LogP contribution in [-0.4, -0.2) is 22.2 Å².